The summed E-state index contributed by atoms with van der Waals surface area (Å²) in [6.07, 6.45) is 1.62. The van der Waals surface area contributed by atoms with Gasteiger partial charge in [0.15, 0.2) is 0 Å². The molecule has 0 unspecified atom stereocenters. The van der Waals surface area contributed by atoms with Gasteiger partial charge in [0, 0.05) is 38.5 Å². The standard InChI is InChI=1S/C30H36FN3O5S/c1-4-32-30(36)28(20-23-10-6-5-7-11-23)33(22-24-15-17-25(31)18-16-24)29(35)14-9-19-34(40(3,37)38)26-12-8-13-27(21-26)39-2/h5-8,10-13,15-18,21,28H,4,9,14,19-20,22H2,1-3H3,(H,32,36)/t28-/m1/s1. The average molecular weight is 570 g/mol. The van der Waals surface area contributed by atoms with Crippen molar-refractivity contribution in [2.45, 2.75) is 38.8 Å². The molecule has 0 saturated carbocycles. The van der Waals surface area contributed by atoms with Gasteiger partial charge in [-0.1, -0.05) is 48.5 Å². The molecule has 40 heavy (non-hydrogen) atoms. The first-order valence-electron chi connectivity index (χ1n) is 13.1. The Morgan fingerprint density at radius 2 is 1.68 bits per heavy atom. The molecule has 10 heteroatoms. The van der Waals surface area contributed by atoms with Gasteiger partial charge >= 0.3 is 0 Å². The molecule has 3 rings (SSSR count). The van der Waals surface area contributed by atoms with E-state index in [9.17, 15) is 22.4 Å². The zero-order chi connectivity index (χ0) is 29.1. The minimum Gasteiger partial charge on any atom is -0.497 e. The van der Waals surface area contributed by atoms with Crippen molar-refractivity contribution in [3.63, 3.8) is 0 Å². The van der Waals surface area contributed by atoms with E-state index in [2.05, 4.69) is 5.32 Å². The molecule has 214 valence electrons. The number of carbonyl (C=O) groups excluding carboxylic acids is 2. The van der Waals surface area contributed by atoms with Crippen molar-refractivity contribution < 1.29 is 27.1 Å². The van der Waals surface area contributed by atoms with E-state index < -0.39 is 21.9 Å². The van der Waals surface area contributed by atoms with Crippen LogP contribution in [-0.2, 0) is 32.6 Å². The van der Waals surface area contributed by atoms with Crippen molar-refractivity contribution >= 4 is 27.5 Å². The lowest BCUT2D eigenvalue weighted by Crippen LogP contribution is -2.50. The number of methoxy groups -OCH3 is 1. The third-order valence-electron chi connectivity index (χ3n) is 6.38. The van der Waals surface area contributed by atoms with Crippen LogP contribution in [0.25, 0.3) is 0 Å². The second kappa shape index (κ2) is 14.5. The normalized spacial score (nSPS) is 11.9. The van der Waals surface area contributed by atoms with Gasteiger partial charge in [0.05, 0.1) is 19.1 Å². The smallest absolute Gasteiger partial charge is 0.243 e. The molecular weight excluding hydrogens is 533 g/mol. The van der Waals surface area contributed by atoms with Crippen molar-refractivity contribution in [2.24, 2.45) is 0 Å². The van der Waals surface area contributed by atoms with Crippen molar-refractivity contribution in [3.05, 3.63) is 95.8 Å². The lowest BCUT2D eigenvalue weighted by molar-refractivity contribution is -0.141. The summed E-state index contributed by atoms with van der Waals surface area (Å²) < 4.78 is 45.2. The Bertz CT molecular complexity index is 1370. The van der Waals surface area contributed by atoms with Gasteiger partial charge in [-0.15, -0.1) is 0 Å². The molecule has 0 aliphatic rings. The van der Waals surface area contributed by atoms with Crippen LogP contribution in [0.5, 0.6) is 5.75 Å². The maximum absolute atomic E-state index is 13.7. The quantitative estimate of drug-likeness (QED) is 0.315. The number of amides is 2. The highest BCUT2D eigenvalue weighted by molar-refractivity contribution is 7.92. The molecule has 3 aromatic carbocycles. The minimum atomic E-state index is -3.64. The maximum Gasteiger partial charge on any atom is 0.243 e. The molecule has 0 bridgehead atoms. The molecule has 8 nitrogen and oxygen atoms in total. The van der Waals surface area contributed by atoms with Crippen molar-refractivity contribution in [1.82, 2.24) is 10.2 Å². The van der Waals surface area contributed by atoms with Gasteiger partial charge in [0.25, 0.3) is 0 Å². The highest BCUT2D eigenvalue weighted by Gasteiger charge is 2.30. The lowest BCUT2D eigenvalue weighted by Gasteiger charge is -2.32. The number of nitrogens with one attached hydrogen (secondary N) is 1. The van der Waals surface area contributed by atoms with Crippen molar-refractivity contribution in [1.29, 1.82) is 0 Å². The number of likely N-dealkylation sites (N-methyl/N-ethyl adjacent to an activating group) is 1. The highest BCUT2D eigenvalue weighted by Crippen LogP contribution is 2.24. The number of nitrogens with zero attached hydrogens (tertiary/aromatic N) is 2. The predicted octanol–water partition coefficient (Wildman–Crippen LogP) is 4.16. The van der Waals surface area contributed by atoms with Gasteiger partial charge in [-0.3, -0.25) is 13.9 Å². The third kappa shape index (κ3) is 8.81. The minimum absolute atomic E-state index is 0.00186. The van der Waals surface area contributed by atoms with Gasteiger partial charge in [-0.2, -0.15) is 0 Å². The second-order valence-electron chi connectivity index (χ2n) is 9.39. The SMILES string of the molecule is CCNC(=O)[C@@H](Cc1ccccc1)N(Cc1ccc(F)cc1)C(=O)CCCN(c1cccc(OC)c1)S(C)(=O)=O. The molecule has 0 aromatic heterocycles. The van der Waals surface area contributed by atoms with Gasteiger partial charge in [0.1, 0.15) is 17.6 Å². The van der Waals surface area contributed by atoms with E-state index in [1.54, 1.807) is 36.4 Å². The Hall–Kier alpha value is -3.92. The summed E-state index contributed by atoms with van der Waals surface area (Å²) >= 11 is 0. The molecule has 2 amide bonds. The molecule has 0 aliphatic carbocycles. The van der Waals surface area contributed by atoms with E-state index in [1.807, 2.05) is 37.3 Å². The Kier molecular flexibility index (Phi) is 11.1. The van der Waals surface area contributed by atoms with Gasteiger partial charge in [-0.05, 0) is 48.7 Å². The number of sulfonamides is 1. The Balaban J connectivity index is 1.85. The van der Waals surface area contributed by atoms with E-state index in [4.69, 9.17) is 4.74 Å². The van der Waals surface area contributed by atoms with Crippen LogP contribution < -0.4 is 14.4 Å². The van der Waals surface area contributed by atoms with Crippen LogP contribution in [0.4, 0.5) is 10.1 Å². The van der Waals surface area contributed by atoms with E-state index in [0.29, 0.717) is 30.0 Å². The van der Waals surface area contributed by atoms with Crippen LogP contribution in [0.15, 0.2) is 78.9 Å². The Morgan fingerprint density at radius 1 is 0.975 bits per heavy atom. The predicted molar refractivity (Wildman–Crippen MR) is 154 cm³/mol. The first-order valence-corrected chi connectivity index (χ1v) is 14.9. The van der Waals surface area contributed by atoms with Crippen LogP contribution in [-0.4, -0.2) is 57.6 Å². The molecule has 1 atom stereocenters. The summed E-state index contributed by atoms with van der Waals surface area (Å²) in [5, 5.41) is 2.83. The molecule has 0 fully saturated rings. The van der Waals surface area contributed by atoms with Crippen LogP contribution >= 0.6 is 0 Å². The number of benzene rings is 3. The number of hydrogen-bond acceptors (Lipinski definition) is 5. The zero-order valence-electron chi connectivity index (χ0n) is 23.0. The van der Waals surface area contributed by atoms with Crippen LogP contribution in [0.3, 0.4) is 0 Å². The first-order chi connectivity index (χ1) is 19.1. The Labute approximate surface area is 235 Å². The van der Waals surface area contributed by atoms with Gasteiger partial charge in [0.2, 0.25) is 21.8 Å². The lowest BCUT2D eigenvalue weighted by atomic mass is 10.0. The van der Waals surface area contributed by atoms with Gasteiger partial charge < -0.3 is 15.0 Å². The summed E-state index contributed by atoms with van der Waals surface area (Å²) in [6, 6.07) is 21.1. The molecule has 0 saturated heterocycles. The molecule has 1 N–H and O–H groups in total. The zero-order valence-corrected chi connectivity index (χ0v) is 23.9. The Morgan fingerprint density at radius 3 is 2.30 bits per heavy atom. The monoisotopic (exact) mass is 569 g/mol. The topological polar surface area (TPSA) is 96.0 Å². The largest absolute Gasteiger partial charge is 0.497 e. The first kappa shape index (κ1) is 30.6. The van der Waals surface area contributed by atoms with Crippen LogP contribution in [0.2, 0.25) is 0 Å². The second-order valence-corrected chi connectivity index (χ2v) is 11.3. The molecule has 0 radical (unpaired) electrons. The number of rotatable bonds is 14. The number of ether oxygens (including phenoxy) is 1. The molecule has 0 heterocycles. The van der Waals surface area contributed by atoms with Crippen molar-refractivity contribution in [3.8, 4) is 5.75 Å². The molecule has 0 aliphatic heterocycles. The van der Waals surface area contributed by atoms with Crippen molar-refractivity contribution in [2.75, 3.05) is 30.8 Å². The number of hydrogen-bond donors (Lipinski definition) is 1. The molecular formula is C30H36FN3O5S. The van der Waals surface area contributed by atoms with E-state index in [0.717, 1.165) is 11.8 Å². The van der Waals surface area contributed by atoms with Gasteiger partial charge in [-0.25, -0.2) is 12.8 Å². The summed E-state index contributed by atoms with van der Waals surface area (Å²) in [5.41, 5.74) is 1.99. The van der Waals surface area contributed by atoms with Crippen LogP contribution in [0.1, 0.15) is 30.9 Å². The fraction of sp³-hybridized carbons (Fsp3) is 0.333. The number of anilines is 1. The summed E-state index contributed by atoms with van der Waals surface area (Å²) in [5.74, 6) is -0.491. The summed E-state index contributed by atoms with van der Waals surface area (Å²) in [7, 11) is -2.14. The summed E-state index contributed by atoms with van der Waals surface area (Å²) in [6.45, 7) is 2.36. The van der Waals surface area contributed by atoms with E-state index >= 15 is 0 Å². The average Bonchev–Trinajstić information content (AvgIpc) is 2.94. The molecule has 0 spiro atoms. The van der Waals surface area contributed by atoms with E-state index in [1.165, 1.54) is 28.4 Å². The maximum atomic E-state index is 13.7. The fourth-order valence-corrected chi connectivity index (χ4v) is 5.36. The summed E-state index contributed by atoms with van der Waals surface area (Å²) in [4.78, 5) is 28.4. The third-order valence-corrected chi connectivity index (χ3v) is 7.58. The van der Waals surface area contributed by atoms with Crippen LogP contribution in [0, 0.1) is 5.82 Å². The number of halogens is 1. The fourth-order valence-electron chi connectivity index (χ4n) is 4.40. The van der Waals surface area contributed by atoms with E-state index in [-0.39, 0.29) is 37.7 Å². The number of carbonyl (C=O) groups is 2. The molecule has 3 aromatic rings. The highest BCUT2D eigenvalue weighted by atomic mass is 32.2.